The van der Waals surface area contributed by atoms with Crippen LogP contribution in [0.2, 0.25) is 5.02 Å². The Hall–Kier alpha value is -2.93. The molecule has 0 bridgehead atoms. The Balaban J connectivity index is 1.63. The summed E-state index contributed by atoms with van der Waals surface area (Å²) in [5.74, 6) is -0.205. The predicted molar refractivity (Wildman–Crippen MR) is 116 cm³/mol. The summed E-state index contributed by atoms with van der Waals surface area (Å²) in [5.41, 5.74) is 0.810. The van der Waals surface area contributed by atoms with Crippen molar-refractivity contribution in [3.05, 3.63) is 53.2 Å². The molecule has 1 aliphatic carbocycles. The number of para-hydroxylation sites is 1. The van der Waals surface area contributed by atoms with Gasteiger partial charge in [0.25, 0.3) is 5.91 Å². The third-order valence-electron chi connectivity index (χ3n) is 5.51. The maximum absolute atomic E-state index is 12.8. The van der Waals surface area contributed by atoms with Crippen molar-refractivity contribution in [3.63, 3.8) is 0 Å². The smallest absolute Gasteiger partial charge is 0.258 e. The molecule has 1 heterocycles. The number of carbonyl (C=O) groups is 3. The number of carbonyl (C=O) groups excluding carboxylic acids is 3. The summed E-state index contributed by atoms with van der Waals surface area (Å²) in [4.78, 5) is 42.8. The number of aromatic nitrogens is 1. The summed E-state index contributed by atoms with van der Waals surface area (Å²) in [6.07, 6.45) is 4.44. The van der Waals surface area contributed by atoms with Gasteiger partial charge in [-0.2, -0.15) is 0 Å². The second-order valence-corrected chi connectivity index (χ2v) is 7.92. The van der Waals surface area contributed by atoms with Crippen molar-refractivity contribution in [2.45, 2.75) is 38.6 Å². The molecular formula is C22H25ClN4O3. The van der Waals surface area contributed by atoms with Crippen LogP contribution in [0.15, 0.2) is 42.6 Å². The first kappa shape index (κ1) is 21.8. The molecular weight excluding hydrogens is 404 g/mol. The zero-order valence-electron chi connectivity index (χ0n) is 17.0. The zero-order chi connectivity index (χ0) is 21.7. The number of hydrogen-bond acceptors (Lipinski definition) is 4. The Morgan fingerprint density at radius 3 is 2.37 bits per heavy atom. The van der Waals surface area contributed by atoms with Crippen molar-refractivity contribution in [1.29, 1.82) is 0 Å². The maximum atomic E-state index is 12.8. The second kappa shape index (κ2) is 9.71. The first-order valence-electron chi connectivity index (χ1n) is 9.91. The van der Waals surface area contributed by atoms with Gasteiger partial charge in [-0.25, -0.2) is 4.98 Å². The summed E-state index contributed by atoms with van der Waals surface area (Å²) in [7, 11) is 1.80. The van der Waals surface area contributed by atoms with Gasteiger partial charge in [-0.15, -0.1) is 0 Å². The Morgan fingerprint density at radius 1 is 1.03 bits per heavy atom. The molecule has 1 aromatic carbocycles. The number of amides is 3. The van der Waals surface area contributed by atoms with E-state index in [4.69, 9.17) is 11.6 Å². The van der Waals surface area contributed by atoms with Gasteiger partial charge in [-0.1, -0.05) is 23.7 Å². The minimum absolute atomic E-state index is 0.0398. The molecule has 30 heavy (non-hydrogen) atoms. The fourth-order valence-corrected chi connectivity index (χ4v) is 3.75. The van der Waals surface area contributed by atoms with E-state index in [1.165, 1.54) is 6.20 Å². The number of nitrogens with one attached hydrogen (secondary N) is 2. The van der Waals surface area contributed by atoms with E-state index in [2.05, 4.69) is 15.6 Å². The highest BCUT2D eigenvalue weighted by atomic mass is 35.5. The highest BCUT2D eigenvalue weighted by Crippen LogP contribution is 2.29. The zero-order valence-corrected chi connectivity index (χ0v) is 17.8. The minimum Gasteiger partial charge on any atom is -0.343 e. The first-order valence-corrected chi connectivity index (χ1v) is 10.3. The largest absolute Gasteiger partial charge is 0.343 e. The molecule has 8 heteroatoms. The Labute approximate surface area is 180 Å². The molecule has 1 fully saturated rings. The van der Waals surface area contributed by atoms with Gasteiger partial charge in [0, 0.05) is 32.1 Å². The van der Waals surface area contributed by atoms with Gasteiger partial charge in [-0.05, 0) is 49.9 Å². The molecule has 1 aliphatic rings. The quantitative estimate of drug-likeness (QED) is 0.753. The highest BCUT2D eigenvalue weighted by molar-refractivity contribution is 6.30. The van der Waals surface area contributed by atoms with Crippen molar-refractivity contribution in [1.82, 2.24) is 9.88 Å². The topological polar surface area (TPSA) is 91.4 Å². The molecule has 158 valence electrons. The van der Waals surface area contributed by atoms with Gasteiger partial charge in [-0.3, -0.25) is 14.4 Å². The monoisotopic (exact) mass is 428 g/mol. The van der Waals surface area contributed by atoms with E-state index in [0.717, 1.165) is 12.8 Å². The molecule has 0 saturated heterocycles. The van der Waals surface area contributed by atoms with Gasteiger partial charge in [0.1, 0.15) is 5.82 Å². The summed E-state index contributed by atoms with van der Waals surface area (Å²) < 4.78 is 0. The molecule has 3 amide bonds. The average Bonchev–Trinajstić information content (AvgIpc) is 2.75. The predicted octanol–water partition coefficient (Wildman–Crippen LogP) is 3.96. The number of hydrogen-bond donors (Lipinski definition) is 2. The average molecular weight is 429 g/mol. The van der Waals surface area contributed by atoms with Gasteiger partial charge in [0.15, 0.2) is 0 Å². The van der Waals surface area contributed by atoms with Crippen LogP contribution in [0.5, 0.6) is 0 Å². The van der Waals surface area contributed by atoms with Crippen LogP contribution in [-0.4, -0.2) is 40.7 Å². The van der Waals surface area contributed by atoms with E-state index >= 15 is 0 Å². The van der Waals surface area contributed by atoms with Crippen LogP contribution >= 0.6 is 11.6 Å². The van der Waals surface area contributed by atoms with E-state index < -0.39 is 0 Å². The summed E-state index contributed by atoms with van der Waals surface area (Å²) >= 11 is 5.82. The van der Waals surface area contributed by atoms with Crippen LogP contribution in [0.3, 0.4) is 0 Å². The molecule has 0 unspecified atom stereocenters. The molecule has 0 spiro atoms. The second-order valence-electron chi connectivity index (χ2n) is 7.49. The first-order chi connectivity index (χ1) is 14.3. The third-order valence-corrected chi connectivity index (χ3v) is 5.73. The number of nitrogens with zero attached hydrogens (tertiary/aromatic N) is 2. The fourth-order valence-electron chi connectivity index (χ4n) is 3.64. The Kier molecular flexibility index (Phi) is 7.05. The molecule has 0 aliphatic heterocycles. The molecule has 7 nitrogen and oxygen atoms in total. The van der Waals surface area contributed by atoms with E-state index in [9.17, 15) is 14.4 Å². The SMILES string of the molecule is CC(=O)N(C)C1CCC(C(=O)Nc2ccccc2C(=O)Nc2ccc(Cl)cn2)CC1. The van der Waals surface area contributed by atoms with Crippen LogP contribution < -0.4 is 10.6 Å². The normalized spacial score (nSPS) is 18.4. The lowest BCUT2D eigenvalue weighted by Crippen LogP contribution is -2.40. The van der Waals surface area contributed by atoms with E-state index in [1.54, 1.807) is 55.3 Å². The number of benzene rings is 1. The molecule has 0 atom stereocenters. The van der Waals surface area contributed by atoms with Crippen molar-refractivity contribution < 1.29 is 14.4 Å². The number of halogens is 1. The van der Waals surface area contributed by atoms with Crippen molar-refractivity contribution in [2.75, 3.05) is 17.7 Å². The number of pyridine rings is 1. The van der Waals surface area contributed by atoms with Gasteiger partial charge < -0.3 is 15.5 Å². The molecule has 0 radical (unpaired) electrons. The number of rotatable bonds is 5. The van der Waals surface area contributed by atoms with Gasteiger partial charge in [0.2, 0.25) is 11.8 Å². The molecule has 3 rings (SSSR count). The summed E-state index contributed by atoms with van der Waals surface area (Å²) in [6.45, 7) is 1.56. The molecule has 1 saturated carbocycles. The number of anilines is 2. The van der Waals surface area contributed by atoms with Crippen molar-refractivity contribution in [3.8, 4) is 0 Å². The van der Waals surface area contributed by atoms with Crippen LogP contribution in [0.25, 0.3) is 0 Å². The standard InChI is InChI=1S/C22H25ClN4O3/c1-14(28)27(2)17-10-7-15(8-11-17)21(29)25-19-6-4-3-5-18(19)22(30)26-20-12-9-16(23)13-24-20/h3-6,9,12-13,15,17H,7-8,10-11H2,1-2H3,(H,25,29)(H,24,26,30). The van der Waals surface area contributed by atoms with Gasteiger partial charge >= 0.3 is 0 Å². The lowest BCUT2D eigenvalue weighted by atomic mass is 9.84. The Morgan fingerprint density at radius 2 is 1.73 bits per heavy atom. The van der Waals surface area contributed by atoms with E-state index in [1.807, 2.05) is 0 Å². The third kappa shape index (κ3) is 5.36. The maximum Gasteiger partial charge on any atom is 0.258 e. The molecule has 2 aromatic rings. The van der Waals surface area contributed by atoms with E-state index in [0.29, 0.717) is 34.9 Å². The minimum atomic E-state index is -0.368. The summed E-state index contributed by atoms with van der Waals surface area (Å²) in [5, 5.41) is 6.09. The molecule has 2 N–H and O–H groups in total. The van der Waals surface area contributed by atoms with Crippen molar-refractivity contribution >= 4 is 40.8 Å². The summed E-state index contributed by atoms with van der Waals surface area (Å²) in [6, 6.07) is 10.3. The Bertz CT molecular complexity index is 924. The highest BCUT2D eigenvalue weighted by Gasteiger charge is 2.29. The van der Waals surface area contributed by atoms with Gasteiger partial charge in [0.05, 0.1) is 16.3 Å². The van der Waals surface area contributed by atoms with Crippen LogP contribution in [-0.2, 0) is 9.59 Å². The van der Waals surface area contributed by atoms with Crippen molar-refractivity contribution in [2.24, 2.45) is 5.92 Å². The van der Waals surface area contributed by atoms with Crippen LogP contribution in [0, 0.1) is 5.92 Å². The lowest BCUT2D eigenvalue weighted by molar-refractivity contribution is -0.130. The lowest BCUT2D eigenvalue weighted by Gasteiger charge is -2.33. The molecule has 1 aromatic heterocycles. The fraction of sp³-hybridized carbons (Fsp3) is 0.364. The van der Waals surface area contributed by atoms with E-state index in [-0.39, 0.29) is 29.7 Å². The van der Waals surface area contributed by atoms with Crippen LogP contribution in [0.4, 0.5) is 11.5 Å². The van der Waals surface area contributed by atoms with Crippen LogP contribution in [0.1, 0.15) is 43.0 Å².